The summed E-state index contributed by atoms with van der Waals surface area (Å²) in [6.07, 6.45) is 2.91. The molecule has 1 amide bonds. The van der Waals surface area contributed by atoms with E-state index in [1.165, 1.54) is 0 Å². The second-order valence-corrected chi connectivity index (χ2v) is 11.9. The van der Waals surface area contributed by atoms with Crippen LogP contribution >= 0.6 is 0 Å². The van der Waals surface area contributed by atoms with E-state index in [0.29, 0.717) is 69.3 Å². The Hall–Kier alpha value is -3.86. The fourth-order valence-electron chi connectivity index (χ4n) is 6.01. The van der Waals surface area contributed by atoms with Gasteiger partial charge in [-0.3, -0.25) is 28.6 Å². The standard InChI is InChI=1S/C29H35N5O6/c1-29(2,3)31-28(37)40-22-8-9-32(20(14-22)12-19-13-23-24(15-30-19)39-11-10-38-23)16-21-17-33-25(35)6-4-18-5-7-26(36)34(21)27(18)33/h4-7,13,15,20-22H,8-12,14,16-17H2,1-3H3,(H,31,37). The number of likely N-dealkylation sites (tertiary alicyclic amines) is 1. The predicted octanol–water partition coefficient (Wildman–Crippen LogP) is 2.48. The van der Waals surface area contributed by atoms with Crippen molar-refractivity contribution >= 4 is 17.1 Å². The molecule has 3 aromatic rings. The molecule has 212 valence electrons. The van der Waals surface area contributed by atoms with Crippen LogP contribution in [0.25, 0.3) is 11.0 Å². The molecule has 6 heterocycles. The van der Waals surface area contributed by atoms with E-state index < -0.39 is 11.6 Å². The van der Waals surface area contributed by atoms with Gasteiger partial charge in [-0.15, -0.1) is 0 Å². The molecule has 3 aliphatic heterocycles. The van der Waals surface area contributed by atoms with Crippen molar-refractivity contribution in [3.63, 3.8) is 0 Å². The molecule has 1 saturated heterocycles. The van der Waals surface area contributed by atoms with Crippen LogP contribution < -0.4 is 25.9 Å². The highest BCUT2D eigenvalue weighted by Gasteiger charge is 2.35. The number of piperidine rings is 1. The summed E-state index contributed by atoms with van der Waals surface area (Å²) in [5.41, 5.74) is 0.909. The highest BCUT2D eigenvalue weighted by molar-refractivity contribution is 5.76. The van der Waals surface area contributed by atoms with Crippen LogP contribution in [0.3, 0.4) is 0 Å². The van der Waals surface area contributed by atoms with Crippen molar-refractivity contribution in [1.29, 1.82) is 0 Å². The van der Waals surface area contributed by atoms with Crippen LogP contribution in [0.1, 0.15) is 45.3 Å². The van der Waals surface area contributed by atoms with Crippen molar-refractivity contribution in [3.05, 3.63) is 62.9 Å². The molecule has 40 heavy (non-hydrogen) atoms. The van der Waals surface area contributed by atoms with Crippen LogP contribution in [-0.4, -0.2) is 69.1 Å². The third-order valence-electron chi connectivity index (χ3n) is 7.73. The molecule has 11 nitrogen and oxygen atoms in total. The summed E-state index contributed by atoms with van der Waals surface area (Å²) in [6.45, 7) is 8.44. The third-order valence-corrected chi connectivity index (χ3v) is 7.73. The monoisotopic (exact) mass is 549 g/mol. The molecular weight excluding hydrogens is 514 g/mol. The second-order valence-electron chi connectivity index (χ2n) is 11.9. The van der Waals surface area contributed by atoms with Gasteiger partial charge >= 0.3 is 6.09 Å². The lowest BCUT2D eigenvalue weighted by atomic mass is 9.94. The van der Waals surface area contributed by atoms with Crippen LogP contribution in [0, 0.1) is 0 Å². The summed E-state index contributed by atoms with van der Waals surface area (Å²) in [4.78, 5) is 45.2. The van der Waals surface area contributed by atoms with E-state index in [1.54, 1.807) is 39.6 Å². The molecule has 0 bridgehead atoms. The fourth-order valence-corrected chi connectivity index (χ4v) is 6.01. The highest BCUT2D eigenvalue weighted by atomic mass is 16.6. The molecule has 0 aromatic carbocycles. The largest absolute Gasteiger partial charge is 0.486 e. The Labute approximate surface area is 231 Å². The molecule has 11 heteroatoms. The Balaban J connectivity index is 1.25. The third kappa shape index (κ3) is 5.30. The van der Waals surface area contributed by atoms with Crippen LogP contribution in [0.5, 0.6) is 11.5 Å². The number of alkyl carbamates (subject to hydrolysis) is 1. The van der Waals surface area contributed by atoms with Crippen LogP contribution in [0.15, 0.2) is 46.1 Å². The summed E-state index contributed by atoms with van der Waals surface area (Å²) < 4.78 is 20.7. The number of nitrogens with zero attached hydrogens (tertiary/aromatic N) is 4. The zero-order chi connectivity index (χ0) is 28.0. The number of amides is 1. The van der Waals surface area contributed by atoms with E-state index in [0.717, 1.165) is 11.1 Å². The van der Waals surface area contributed by atoms with E-state index in [9.17, 15) is 14.4 Å². The average Bonchev–Trinajstić information content (AvgIpc) is 3.29. The predicted molar refractivity (Wildman–Crippen MR) is 148 cm³/mol. The number of ether oxygens (including phenoxy) is 3. The Morgan fingerprint density at radius 1 is 1.07 bits per heavy atom. The number of hydrogen-bond acceptors (Lipinski definition) is 8. The molecular formula is C29H35N5O6. The lowest BCUT2D eigenvalue weighted by Gasteiger charge is -2.40. The van der Waals surface area contributed by atoms with Crippen LogP contribution in [0.2, 0.25) is 0 Å². The molecule has 0 aliphatic carbocycles. The molecule has 0 saturated carbocycles. The molecule has 1 N–H and O–H groups in total. The number of rotatable bonds is 5. The Bertz CT molecular complexity index is 1550. The summed E-state index contributed by atoms with van der Waals surface area (Å²) in [6, 6.07) is 8.39. The van der Waals surface area contributed by atoms with Gasteiger partial charge in [0.2, 0.25) is 0 Å². The van der Waals surface area contributed by atoms with E-state index in [2.05, 4.69) is 15.2 Å². The Morgan fingerprint density at radius 2 is 1.82 bits per heavy atom. The number of hydrogen-bond donors (Lipinski definition) is 1. The van der Waals surface area contributed by atoms with E-state index in [-0.39, 0.29) is 29.3 Å². The van der Waals surface area contributed by atoms with Crippen molar-refractivity contribution < 1.29 is 19.0 Å². The van der Waals surface area contributed by atoms with Gasteiger partial charge in [0.15, 0.2) is 11.5 Å². The number of nitrogens with one attached hydrogen (secondary N) is 1. The first kappa shape index (κ1) is 26.4. The average molecular weight is 550 g/mol. The number of carbonyl (C=O) groups excluding carboxylic acids is 1. The van der Waals surface area contributed by atoms with E-state index in [4.69, 9.17) is 14.2 Å². The van der Waals surface area contributed by atoms with E-state index >= 15 is 0 Å². The van der Waals surface area contributed by atoms with Gasteiger partial charge in [-0.25, -0.2) is 4.79 Å². The second kappa shape index (κ2) is 10.3. The summed E-state index contributed by atoms with van der Waals surface area (Å²) in [5, 5.41) is 3.75. The first-order chi connectivity index (χ1) is 19.1. The topological polar surface area (TPSA) is 117 Å². The van der Waals surface area contributed by atoms with Crippen molar-refractivity contribution in [2.24, 2.45) is 0 Å². The van der Waals surface area contributed by atoms with Crippen molar-refractivity contribution in [1.82, 2.24) is 24.3 Å². The number of fused-ring (bicyclic) bond motifs is 1. The number of carbonyl (C=O) groups is 1. The molecule has 1 fully saturated rings. The van der Waals surface area contributed by atoms with Crippen molar-refractivity contribution in [2.75, 3.05) is 26.3 Å². The maximum absolute atomic E-state index is 13.0. The lowest BCUT2D eigenvalue weighted by molar-refractivity contribution is 0.0150. The summed E-state index contributed by atoms with van der Waals surface area (Å²) >= 11 is 0. The van der Waals surface area contributed by atoms with Gasteiger partial charge in [-0.1, -0.05) is 0 Å². The Morgan fingerprint density at radius 3 is 2.60 bits per heavy atom. The maximum atomic E-state index is 13.0. The van der Waals surface area contributed by atoms with Gasteiger partial charge in [-0.2, -0.15) is 0 Å². The zero-order valence-corrected chi connectivity index (χ0v) is 23.1. The first-order valence-corrected chi connectivity index (χ1v) is 13.9. The lowest BCUT2D eigenvalue weighted by Crippen LogP contribution is -2.50. The molecule has 0 radical (unpaired) electrons. The fraction of sp³-hybridized carbons (Fsp3) is 0.517. The van der Waals surface area contributed by atoms with Gasteiger partial charge in [-0.05, 0) is 39.3 Å². The van der Waals surface area contributed by atoms with Gasteiger partial charge in [0.25, 0.3) is 11.1 Å². The maximum Gasteiger partial charge on any atom is 0.407 e. The summed E-state index contributed by atoms with van der Waals surface area (Å²) in [5.74, 6) is 1.32. The smallest absolute Gasteiger partial charge is 0.407 e. The van der Waals surface area contributed by atoms with Gasteiger partial charge in [0, 0.05) is 73.3 Å². The normalized spacial score (nSPS) is 22.3. The molecule has 3 aliphatic rings. The number of aromatic nitrogens is 3. The Kier molecular flexibility index (Phi) is 6.77. The molecule has 3 atom stereocenters. The van der Waals surface area contributed by atoms with Gasteiger partial charge in [0.05, 0.1) is 12.2 Å². The zero-order valence-electron chi connectivity index (χ0n) is 23.1. The van der Waals surface area contributed by atoms with Gasteiger partial charge in [0.1, 0.15) is 25.0 Å². The van der Waals surface area contributed by atoms with Gasteiger partial charge < -0.3 is 19.5 Å². The highest BCUT2D eigenvalue weighted by Crippen LogP contribution is 2.32. The molecule has 0 spiro atoms. The number of pyridine rings is 3. The minimum absolute atomic E-state index is 0.00779. The van der Waals surface area contributed by atoms with Crippen molar-refractivity contribution in [3.8, 4) is 11.5 Å². The minimum atomic E-state index is -0.425. The van der Waals surface area contributed by atoms with Crippen LogP contribution in [0.4, 0.5) is 4.79 Å². The molecule has 6 rings (SSSR count). The first-order valence-electron chi connectivity index (χ1n) is 13.9. The van der Waals surface area contributed by atoms with Crippen LogP contribution in [-0.2, 0) is 17.7 Å². The summed E-state index contributed by atoms with van der Waals surface area (Å²) in [7, 11) is 0. The molecule has 3 aromatic heterocycles. The molecule has 3 unspecified atom stereocenters. The van der Waals surface area contributed by atoms with E-state index in [1.807, 2.05) is 26.8 Å². The minimum Gasteiger partial charge on any atom is -0.486 e. The SMILES string of the molecule is CC(C)(C)NC(=O)OC1CCN(CC2Cn3c(=O)ccc4ccc(=O)n2c43)C(Cc2cc3c(cn2)OCCO3)C1. The quantitative estimate of drug-likeness (QED) is 0.516. The van der Waals surface area contributed by atoms with Crippen molar-refractivity contribution in [2.45, 2.75) is 70.3 Å².